The molecule has 3 rings (SSSR count). The van der Waals surface area contributed by atoms with Crippen LogP contribution in [0.5, 0.6) is 0 Å². The molecule has 1 unspecified atom stereocenters. The van der Waals surface area contributed by atoms with E-state index in [2.05, 4.69) is 0 Å². The van der Waals surface area contributed by atoms with E-state index in [1.807, 2.05) is 24.3 Å². The summed E-state index contributed by atoms with van der Waals surface area (Å²) < 4.78 is 5.49. The van der Waals surface area contributed by atoms with E-state index in [0.717, 1.165) is 12.8 Å². The van der Waals surface area contributed by atoms with Crippen molar-refractivity contribution in [3.63, 3.8) is 0 Å². The zero-order valence-corrected chi connectivity index (χ0v) is 14.6. The summed E-state index contributed by atoms with van der Waals surface area (Å²) in [6.07, 6.45) is 2.35. The second kappa shape index (κ2) is 8.15. The smallest absolute Gasteiger partial charge is 0.338 e. The minimum atomic E-state index is -0.879. The van der Waals surface area contributed by atoms with Gasteiger partial charge in [-0.25, -0.2) is 4.79 Å². The molecule has 1 saturated heterocycles. The molecule has 0 bridgehead atoms. The second-order valence-electron chi connectivity index (χ2n) is 6.60. The molecule has 1 N–H and O–H groups in total. The van der Waals surface area contributed by atoms with E-state index in [-0.39, 0.29) is 19.1 Å². The predicted molar refractivity (Wildman–Crippen MR) is 97.9 cm³/mol. The third-order valence-electron chi connectivity index (χ3n) is 4.89. The molecule has 136 valence electrons. The van der Waals surface area contributed by atoms with Gasteiger partial charge in [0.15, 0.2) is 0 Å². The van der Waals surface area contributed by atoms with Crippen molar-refractivity contribution < 1.29 is 19.4 Å². The molecule has 0 saturated carbocycles. The van der Waals surface area contributed by atoms with Crippen molar-refractivity contribution in [3.8, 4) is 0 Å². The van der Waals surface area contributed by atoms with Crippen LogP contribution in [-0.4, -0.2) is 47.2 Å². The maximum absolute atomic E-state index is 13.0. The summed E-state index contributed by atoms with van der Waals surface area (Å²) in [7, 11) is 0. The number of aliphatic hydroxyl groups is 1. The van der Waals surface area contributed by atoms with Crippen molar-refractivity contribution in [1.29, 1.82) is 0 Å². The Morgan fingerprint density at radius 1 is 0.962 bits per heavy atom. The number of carbonyl (C=O) groups is 2. The standard InChI is InChI=1S/C21H23NO4/c23-15-21(16-26-20(25)18-11-5-2-6-12-18)13-7-8-14-22(21)19(24)17-9-3-1-4-10-17/h1-6,9-12,23H,7-8,13-16H2. The number of amides is 1. The van der Waals surface area contributed by atoms with Crippen molar-refractivity contribution in [1.82, 2.24) is 4.90 Å². The number of esters is 1. The Morgan fingerprint density at radius 2 is 1.58 bits per heavy atom. The lowest BCUT2D eigenvalue weighted by Crippen LogP contribution is -2.59. The highest BCUT2D eigenvalue weighted by Crippen LogP contribution is 2.30. The number of nitrogens with zero attached hydrogens (tertiary/aromatic N) is 1. The van der Waals surface area contributed by atoms with Crippen LogP contribution in [0.2, 0.25) is 0 Å². The van der Waals surface area contributed by atoms with Crippen molar-refractivity contribution in [3.05, 3.63) is 71.8 Å². The Kier molecular flexibility index (Phi) is 5.68. The number of piperidine rings is 1. The minimum Gasteiger partial charge on any atom is -0.459 e. The number of benzene rings is 2. The average molecular weight is 353 g/mol. The largest absolute Gasteiger partial charge is 0.459 e. The SMILES string of the molecule is O=C(OCC1(CO)CCCCN1C(=O)c1ccccc1)c1ccccc1. The van der Waals surface area contributed by atoms with Gasteiger partial charge in [0, 0.05) is 12.1 Å². The minimum absolute atomic E-state index is 0.0181. The Morgan fingerprint density at radius 3 is 2.19 bits per heavy atom. The molecule has 1 atom stereocenters. The van der Waals surface area contributed by atoms with Gasteiger partial charge < -0.3 is 14.7 Å². The number of hydrogen-bond donors (Lipinski definition) is 1. The molecule has 0 aliphatic carbocycles. The van der Waals surface area contributed by atoms with Crippen LogP contribution in [0.1, 0.15) is 40.0 Å². The molecular formula is C21H23NO4. The lowest BCUT2D eigenvalue weighted by atomic mass is 9.87. The van der Waals surface area contributed by atoms with Crippen LogP contribution in [-0.2, 0) is 4.74 Å². The van der Waals surface area contributed by atoms with E-state index < -0.39 is 11.5 Å². The lowest BCUT2D eigenvalue weighted by molar-refractivity contribution is -0.0364. The van der Waals surface area contributed by atoms with Crippen LogP contribution in [0, 0.1) is 0 Å². The first kappa shape index (κ1) is 18.1. The fourth-order valence-electron chi connectivity index (χ4n) is 3.37. The molecule has 0 aromatic heterocycles. The van der Waals surface area contributed by atoms with Gasteiger partial charge in [-0.15, -0.1) is 0 Å². The van der Waals surface area contributed by atoms with Crippen LogP contribution in [0.4, 0.5) is 0 Å². The molecule has 1 heterocycles. The number of ether oxygens (including phenoxy) is 1. The molecule has 5 nitrogen and oxygen atoms in total. The summed E-state index contributed by atoms with van der Waals surface area (Å²) in [6.45, 7) is 0.278. The van der Waals surface area contributed by atoms with Gasteiger partial charge in [0.05, 0.1) is 12.2 Å². The van der Waals surface area contributed by atoms with Gasteiger partial charge in [0.25, 0.3) is 5.91 Å². The molecule has 26 heavy (non-hydrogen) atoms. The summed E-state index contributed by atoms with van der Waals surface area (Å²) in [5.74, 6) is -0.591. The summed E-state index contributed by atoms with van der Waals surface area (Å²) in [4.78, 5) is 26.9. The molecule has 0 spiro atoms. The first-order valence-electron chi connectivity index (χ1n) is 8.86. The highest BCUT2D eigenvalue weighted by atomic mass is 16.5. The Labute approximate surface area is 153 Å². The third kappa shape index (κ3) is 3.78. The summed E-state index contributed by atoms with van der Waals surface area (Å²) >= 11 is 0. The molecule has 5 heteroatoms. The van der Waals surface area contributed by atoms with E-state index in [0.29, 0.717) is 24.1 Å². The van der Waals surface area contributed by atoms with Crippen LogP contribution in [0.15, 0.2) is 60.7 Å². The topological polar surface area (TPSA) is 66.8 Å². The number of rotatable bonds is 5. The molecule has 2 aromatic rings. The van der Waals surface area contributed by atoms with Crippen molar-refractivity contribution in [2.75, 3.05) is 19.8 Å². The van der Waals surface area contributed by atoms with Crippen LogP contribution in [0.3, 0.4) is 0 Å². The van der Waals surface area contributed by atoms with Gasteiger partial charge >= 0.3 is 5.97 Å². The first-order valence-corrected chi connectivity index (χ1v) is 8.86. The Bertz CT molecular complexity index is 747. The van der Waals surface area contributed by atoms with Gasteiger partial charge in [-0.3, -0.25) is 4.79 Å². The lowest BCUT2D eigenvalue weighted by Gasteiger charge is -2.45. The molecule has 1 amide bonds. The Hall–Kier alpha value is -2.66. The van der Waals surface area contributed by atoms with E-state index >= 15 is 0 Å². The van der Waals surface area contributed by atoms with E-state index in [1.54, 1.807) is 41.3 Å². The molecule has 0 radical (unpaired) electrons. The molecular weight excluding hydrogens is 330 g/mol. The van der Waals surface area contributed by atoms with Gasteiger partial charge in [-0.1, -0.05) is 36.4 Å². The molecule has 1 aliphatic rings. The number of carbonyl (C=O) groups excluding carboxylic acids is 2. The number of hydrogen-bond acceptors (Lipinski definition) is 4. The third-order valence-corrected chi connectivity index (χ3v) is 4.89. The molecule has 1 aliphatic heterocycles. The monoisotopic (exact) mass is 353 g/mol. The van der Waals surface area contributed by atoms with Crippen LogP contribution < -0.4 is 0 Å². The van der Waals surface area contributed by atoms with Crippen molar-refractivity contribution >= 4 is 11.9 Å². The zero-order valence-electron chi connectivity index (χ0n) is 14.6. The normalized spacial score (nSPS) is 19.8. The van der Waals surface area contributed by atoms with E-state index in [9.17, 15) is 14.7 Å². The van der Waals surface area contributed by atoms with Gasteiger partial charge in [0.2, 0.25) is 0 Å². The van der Waals surface area contributed by atoms with Crippen molar-refractivity contribution in [2.24, 2.45) is 0 Å². The fourth-order valence-corrected chi connectivity index (χ4v) is 3.37. The van der Waals surface area contributed by atoms with Gasteiger partial charge in [-0.05, 0) is 43.5 Å². The average Bonchev–Trinajstić information content (AvgIpc) is 2.73. The number of aliphatic hydroxyl groups excluding tert-OH is 1. The van der Waals surface area contributed by atoms with Gasteiger partial charge in [-0.2, -0.15) is 0 Å². The van der Waals surface area contributed by atoms with Crippen LogP contribution >= 0.6 is 0 Å². The van der Waals surface area contributed by atoms with Gasteiger partial charge in [0.1, 0.15) is 12.1 Å². The summed E-state index contributed by atoms with van der Waals surface area (Å²) in [5, 5.41) is 10.1. The van der Waals surface area contributed by atoms with E-state index in [1.165, 1.54) is 0 Å². The predicted octanol–water partition coefficient (Wildman–Crippen LogP) is 2.90. The zero-order chi connectivity index (χ0) is 18.4. The first-order chi connectivity index (χ1) is 12.7. The second-order valence-corrected chi connectivity index (χ2v) is 6.60. The summed E-state index contributed by atoms with van der Waals surface area (Å²) in [5.41, 5.74) is 0.147. The summed E-state index contributed by atoms with van der Waals surface area (Å²) in [6, 6.07) is 17.7. The highest BCUT2D eigenvalue weighted by molar-refractivity contribution is 5.95. The maximum atomic E-state index is 13.0. The van der Waals surface area contributed by atoms with Crippen LogP contribution in [0.25, 0.3) is 0 Å². The van der Waals surface area contributed by atoms with Crippen molar-refractivity contribution in [2.45, 2.75) is 24.8 Å². The highest BCUT2D eigenvalue weighted by Gasteiger charge is 2.42. The number of likely N-dealkylation sites (tertiary alicyclic amines) is 1. The maximum Gasteiger partial charge on any atom is 0.338 e. The quantitative estimate of drug-likeness (QED) is 0.840. The molecule has 2 aromatic carbocycles. The van der Waals surface area contributed by atoms with E-state index in [4.69, 9.17) is 4.74 Å². The Balaban J connectivity index is 1.78. The molecule has 1 fully saturated rings. The fraction of sp³-hybridized carbons (Fsp3) is 0.333.